The molecule has 0 unspecified atom stereocenters. The highest BCUT2D eigenvalue weighted by Crippen LogP contribution is 2.27. The monoisotopic (exact) mass is 308 g/mol. The maximum absolute atomic E-state index is 12.7. The van der Waals surface area contributed by atoms with Crippen LogP contribution in [-0.4, -0.2) is 55.2 Å². The van der Waals surface area contributed by atoms with Crippen LogP contribution in [0.5, 0.6) is 0 Å². The Balaban J connectivity index is 2.03. The van der Waals surface area contributed by atoms with Crippen molar-refractivity contribution in [1.29, 1.82) is 0 Å². The van der Waals surface area contributed by atoms with Crippen LogP contribution >= 0.6 is 0 Å². The number of hydrogen-bond donors (Lipinski definition) is 2. The van der Waals surface area contributed by atoms with Gasteiger partial charge in [-0.15, -0.1) is 0 Å². The van der Waals surface area contributed by atoms with E-state index in [1.54, 1.807) is 25.2 Å². The molecule has 112 valence electrons. The number of nitrogens with zero attached hydrogens (tertiary/aromatic N) is 2. The van der Waals surface area contributed by atoms with E-state index in [2.05, 4.69) is 4.98 Å². The number of fused-ring (bicyclic) bond motifs is 1. The SMILES string of the molecule is CN1CCN(S(=O)(=O)c2c[nH]c3cc(N)ccc23)CC1=O. The third kappa shape index (κ3) is 2.26. The second-order valence-electron chi connectivity index (χ2n) is 5.11. The summed E-state index contributed by atoms with van der Waals surface area (Å²) in [5.41, 5.74) is 6.91. The minimum absolute atomic E-state index is 0.125. The molecule has 0 saturated carbocycles. The Morgan fingerprint density at radius 3 is 2.76 bits per heavy atom. The summed E-state index contributed by atoms with van der Waals surface area (Å²) in [5, 5.41) is 0.579. The maximum Gasteiger partial charge on any atom is 0.245 e. The Kier molecular flexibility index (Phi) is 3.14. The number of carbonyl (C=O) groups is 1. The van der Waals surface area contributed by atoms with Crippen molar-refractivity contribution in [3.8, 4) is 0 Å². The fourth-order valence-electron chi connectivity index (χ4n) is 2.41. The van der Waals surface area contributed by atoms with Gasteiger partial charge in [-0.3, -0.25) is 4.79 Å². The van der Waals surface area contributed by atoms with Gasteiger partial charge >= 0.3 is 0 Å². The molecule has 0 bridgehead atoms. The summed E-state index contributed by atoms with van der Waals surface area (Å²) in [6.45, 7) is 0.570. The number of carbonyl (C=O) groups excluding carboxylic acids is 1. The topological polar surface area (TPSA) is 99.5 Å². The molecular weight excluding hydrogens is 292 g/mol. The Labute approximate surface area is 122 Å². The molecule has 3 N–H and O–H groups in total. The number of H-pyrrole nitrogens is 1. The van der Waals surface area contributed by atoms with Gasteiger partial charge in [0.2, 0.25) is 15.9 Å². The van der Waals surface area contributed by atoms with Crippen LogP contribution in [0.4, 0.5) is 5.69 Å². The van der Waals surface area contributed by atoms with Crippen molar-refractivity contribution in [2.75, 3.05) is 32.4 Å². The standard InChI is InChI=1S/C13H16N4O3S/c1-16-4-5-17(8-13(16)18)21(19,20)12-7-15-11-6-9(14)2-3-10(11)12/h2-3,6-7,15H,4-5,8,14H2,1H3. The highest BCUT2D eigenvalue weighted by molar-refractivity contribution is 7.89. The quantitative estimate of drug-likeness (QED) is 0.775. The number of sulfonamides is 1. The summed E-state index contributed by atoms with van der Waals surface area (Å²) in [6.07, 6.45) is 1.45. The number of aromatic amines is 1. The second-order valence-corrected chi connectivity index (χ2v) is 7.02. The van der Waals surface area contributed by atoms with E-state index in [9.17, 15) is 13.2 Å². The van der Waals surface area contributed by atoms with Gasteiger partial charge in [0.15, 0.2) is 0 Å². The van der Waals surface area contributed by atoms with Gasteiger partial charge in [0.05, 0.1) is 6.54 Å². The zero-order valence-corrected chi connectivity index (χ0v) is 12.4. The summed E-state index contributed by atoms with van der Waals surface area (Å²) in [6, 6.07) is 5.01. The van der Waals surface area contributed by atoms with Crippen molar-refractivity contribution in [1.82, 2.24) is 14.2 Å². The average molecular weight is 308 g/mol. The molecule has 3 rings (SSSR count). The number of rotatable bonds is 2. The third-order valence-corrected chi connectivity index (χ3v) is 5.59. The normalized spacial score (nSPS) is 17.6. The highest BCUT2D eigenvalue weighted by atomic mass is 32.2. The maximum atomic E-state index is 12.7. The van der Waals surface area contributed by atoms with Crippen LogP contribution in [0.1, 0.15) is 0 Å². The Morgan fingerprint density at radius 1 is 1.29 bits per heavy atom. The van der Waals surface area contributed by atoms with Crippen molar-refractivity contribution in [2.24, 2.45) is 0 Å². The molecule has 1 amide bonds. The van der Waals surface area contributed by atoms with E-state index in [0.29, 0.717) is 29.7 Å². The zero-order valence-electron chi connectivity index (χ0n) is 11.5. The van der Waals surface area contributed by atoms with E-state index in [-0.39, 0.29) is 17.3 Å². The largest absolute Gasteiger partial charge is 0.399 e. The molecule has 1 aromatic carbocycles. The third-order valence-electron chi connectivity index (χ3n) is 3.71. The van der Waals surface area contributed by atoms with Crippen molar-refractivity contribution < 1.29 is 13.2 Å². The minimum atomic E-state index is -3.70. The summed E-state index contributed by atoms with van der Waals surface area (Å²) in [5.74, 6) is -0.200. The van der Waals surface area contributed by atoms with Crippen molar-refractivity contribution in [3.05, 3.63) is 24.4 Å². The van der Waals surface area contributed by atoms with Gasteiger partial charge in [-0.2, -0.15) is 4.31 Å². The van der Waals surface area contributed by atoms with Gasteiger partial charge < -0.3 is 15.6 Å². The van der Waals surface area contributed by atoms with Crippen LogP contribution in [0.3, 0.4) is 0 Å². The molecule has 1 aliphatic rings. The lowest BCUT2D eigenvalue weighted by Gasteiger charge is -2.31. The first-order valence-electron chi connectivity index (χ1n) is 6.50. The van der Waals surface area contributed by atoms with Crippen molar-refractivity contribution in [3.63, 3.8) is 0 Å². The molecule has 0 atom stereocenters. The van der Waals surface area contributed by atoms with Gasteiger partial charge in [-0.25, -0.2) is 8.42 Å². The highest BCUT2D eigenvalue weighted by Gasteiger charge is 2.32. The van der Waals surface area contributed by atoms with Crippen molar-refractivity contribution in [2.45, 2.75) is 4.90 Å². The summed E-state index contributed by atoms with van der Waals surface area (Å²) in [7, 11) is -2.03. The molecule has 7 nitrogen and oxygen atoms in total. The average Bonchev–Trinajstić information content (AvgIpc) is 2.85. The Bertz CT molecular complexity index is 812. The lowest BCUT2D eigenvalue weighted by atomic mass is 10.2. The molecule has 0 aliphatic carbocycles. The molecule has 0 radical (unpaired) electrons. The fourth-order valence-corrected chi connectivity index (χ4v) is 3.96. The Morgan fingerprint density at radius 2 is 2.05 bits per heavy atom. The fraction of sp³-hybridized carbons (Fsp3) is 0.308. The molecule has 2 aromatic rings. The van der Waals surface area contributed by atoms with Crippen LogP contribution in [0.2, 0.25) is 0 Å². The van der Waals surface area contributed by atoms with Gasteiger partial charge in [0.25, 0.3) is 0 Å². The summed E-state index contributed by atoms with van der Waals surface area (Å²) in [4.78, 5) is 16.3. The van der Waals surface area contributed by atoms with Crippen LogP contribution in [0, 0.1) is 0 Å². The van der Waals surface area contributed by atoms with Gasteiger partial charge in [0.1, 0.15) is 4.90 Å². The molecule has 21 heavy (non-hydrogen) atoms. The predicted octanol–water partition coefficient (Wildman–Crippen LogP) is 0.213. The summed E-state index contributed by atoms with van der Waals surface area (Å²) >= 11 is 0. The van der Waals surface area contributed by atoms with Gasteiger partial charge in [-0.1, -0.05) is 0 Å². The van der Waals surface area contributed by atoms with E-state index < -0.39 is 10.0 Å². The minimum Gasteiger partial charge on any atom is -0.399 e. The molecule has 2 heterocycles. The van der Waals surface area contributed by atoms with E-state index in [4.69, 9.17) is 5.73 Å². The smallest absolute Gasteiger partial charge is 0.245 e. The number of piperazine rings is 1. The number of hydrogen-bond acceptors (Lipinski definition) is 4. The number of nitrogens with one attached hydrogen (secondary N) is 1. The number of nitrogens with two attached hydrogens (primary N) is 1. The first-order valence-corrected chi connectivity index (χ1v) is 7.94. The molecular formula is C13H16N4O3S. The molecule has 1 saturated heterocycles. The lowest BCUT2D eigenvalue weighted by Crippen LogP contribution is -2.50. The number of nitrogen functional groups attached to an aromatic ring is 1. The first-order chi connectivity index (χ1) is 9.89. The molecule has 8 heteroatoms. The Hall–Kier alpha value is -2.06. The van der Waals surface area contributed by atoms with E-state index >= 15 is 0 Å². The van der Waals surface area contributed by atoms with E-state index in [1.165, 1.54) is 15.4 Å². The van der Waals surface area contributed by atoms with Crippen molar-refractivity contribution >= 4 is 32.5 Å². The van der Waals surface area contributed by atoms with Gasteiger partial charge in [-0.05, 0) is 18.2 Å². The number of likely N-dealkylation sites (N-methyl/N-ethyl adjacent to an activating group) is 1. The number of benzene rings is 1. The van der Waals surface area contributed by atoms with E-state index in [0.717, 1.165) is 0 Å². The molecule has 1 fully saturated rings. The number of amides is 1. The van der Waals surface area contributed by atoms with E-state index in [1.807, 2.05) is 0 Å². The molecule has 0 spiro atoms. The molecule has 1 aromatic heterocycles. The molecule has 1 aliphatic heterocycles. The van der Waals surface area contributed by atoms with Crippen LogP contribution in [0.15, 0.2) is 29.3 Å². The first kappa shape index (κ1) is 13.9. The number of aromatic nitrogens is 1. The number of anilines is 1. The van der Waals surface area contributed by atoms with Crippen LogP contribution < -0.4 is 5.73 Å². The lowest BCUT2D eigenvalue weighted by molar-refractivity contribution is -0.132. The predicted molar refractivity (Wildman–Crippen MR) is 79.1 cm³/mol. The van der Waals surface area contributed by atoms with Gasteiger partial charge in [0, 0.05) is 42.9 Å². The van der Waals surface area contributed by atoms with Crippen LogP contribution in [-0.2, 0) is 14.8 Å². The zero-order chi connectivity index (χ0) is 15.2. The second kappa shape index (κ2) is 4.74. The van der Waals surface area contributed by atoms with Crippen LogP contribution in [0.25, 0.3) is 10.9 Å². The summed E-state index contributed by atoms with van der Waals surface area (Å²) < 4.78 is 26.6.